The number of nitrogens with one attached hydrogen (secondary N) is 2. The minimum Gasteiger partial charge on any atom is -0.508 e. The van der Waals surface area contributed by atoms with Crippen molar-refractivity contribution < 1.29 is 9.90 Å². The molecule has 4 nitrogen and oxygen atoms in total. The maximum Gasteiger partial charge on any atom is 0.251 e. The summed E-state index contributed by atoms with van der Waals surface area (Å²) in [5, 5.41) is 13.6. The molecule has 0 saturated heterocycles. The predicted molar refractivity (Wildman–Crippen MR) is 92.6 cm³/mol. The lowest BCUT2D eigenvalue weighted by atomic mass is 10.1. The Labute approximate surface area is 138 Å². The van der Waals surface area contributed by atoms with Crippen LogP contribution in [0.3, 0.4) is 0 Å². The van der Waals surface area contributed by atoms with Gasteiger partial charge in [-0.05, 0) is 71.0 Å². The van der Waals surface area contributed by atoms with Crippen LogP contribution in [0.4, 0.5) is 0 Å². The molecule has 1 saturated carbocycles. The van der Waals surface area contributed by atoms with Crippen molar-refractivity contribution in [1.82, 2.24) is 10.3 Å². The Bertz CT molecular complexity index is 1030. The maximum absolute atomic E-state index is 12.4. The summed E-state index contributed by atoms with van der Waals surface area (Å²) in [5.74, 6) is 0.238. The highest BCUT2D eigenvalue weighted by Crippen LogP contribution is 2.51. The quantitative estimate of drug-likeness (QED) is 0.812. The zero-order valence-electron chi connectivity index (χ0n) is 13.0. The molecule has 1 heterocycles. The highest BCUT2D eigenvalue weighted by molar-refractivity contribution is 6.01. The van der Waals surface area contributed by atoms with E-state index in [1.54, 1.807) is 12.1 Å². The molecule has 1 aromatic carbocycles. The summed E-state index contributed by atoms with van der Waals surface area (Å²) in [6.45, 7) is 0.564. The number of aromatic hydroxyl groups is 1. The smallest absolute Gasteiger partial charge is 0.251 e. The third kappa shape index (κ3) is 1.96. The minimum atomic E-state index is -0.0160. The molecular weight excluding hydrogens is 300 g/mol. The SMILES string of the molecule is O=C(NCCc1c[nH]c2ccc(O)cc12)C1=C2C=C3CC3=C2C=C1. The number of hydrogen-bond donors (Lipinski definition) is 3. The van der Waals surface area contributed by atoms with Crippen molar-refractivity contribution in [1.29, 1.82) is 0 Å². The molecule has 5 rings (SSSR count). The second kappa shape index (κ2) is 4.74. The molecule has 118 valence electrons. The number of aromatic amines is 1. The standard InChI is InChI=1S/C20H16N2O2/c23-13-1-4-19-17(9-13)11(10-22-19)5-6-21-20(24)15-3-2-14-16-7-12(16)8-18(14)15/h1-4,8-10,22-23H,5-7H2,(H,21,24). The van der Waals surface area contributed by atoms with Crippen LogP contribution in [-0.4, -0.2) is 22.5 Å². The van der Waals surface area contributed by atoms with Crippen LogP contribution in [0.1, 0.15) is 12.0 Å². The van der Waals surface area contributed by atoms with Gasteiger partial charge in [0, 0.05) is 29.2 Å². The molecule has 0 unspecified atom stereocenters. The molecule has 1 fully saturated rings. The Kier molecular flexibility index (Phi) is 2.65. The van der Waals surface area contributed by atoms with E-state index in [1.807, 2.05) is 18.3 Å². The fourth-order valence-corrected chi connectivity index (χ4v) is 3.61. The third-order valence-electron chi connectivity index (χ3n) is 4.95. The second-order valence-corrected chi connectivity index (χ2v) is 6.45. The van der Waals surface area contributed by atoms with Crippen molar-refractivity contribution in [3.63, 3.8) is 0 Å². The van der Waals surface area contributed by atoms with Crippen LogP contribution in [-0.2, 0) is 11.2 Å². The monoisotopic (exact) mass is 316 g/mol. The molecule has 2 aromatic rings. The number of H-pyrrole nitrogens is 1. The first-order valence-electron chi connectivity index (χ1n) is 8.15. The maximum atomic E-state index is 12.4. The van der Waals surface area contributed by atoms with Crippen molar-refractivity contribution in [2.24, 2.45) is 0 Å². The Hall–Kier alpha value is -3.01. The molecule has 0 atom stereocenters. The topological polar surface area (TPSA) is 65.1 Å². The summed E-state index contributed by atoms with van der Waals surface area (Å²) in [5.41, 5.74) is 7.96. The molecule has 1 aromatic heterocycles. The Morgan fingerprint density at radius 2 is 2.17 bits per heavy atom. The van der Waals surface area contributed by atoms with Crippen LogP contribution in [0.5, 0.6) is 5.75 Å². The van der Waals surface area contributed by atoms with Crippen LogP contribution in [0.2, 0.25) is 0 Å². The number of phenols is 1. The van der Waals surface area contributed by atoms with Crippen molar-refractivity contribution in [3.05, 3.63) is 76.1 Å². The highest BCUT2D eigenvalue weighted by atomic mass is 16.3. The van der Waals surface area contributed by atoms with Gasteiger partial charge in [0.1, 0.15) is 5.75 Å². The second-order valence-electron chi connectivity index (χ2n) is 6.45. The fourth-order valence-electron chi connectivity index (χ4n) is 3.61. The average Bonchev–Trinajstić information content (AvgIpc) is 2.93. The summed E-state index contributed by atoms with van der Waals surface area (Å²) < 4.78 is 0. The van der Waals surface area contributed by atoms with Crippen LogP contribution in [0.25, 0.3) is 10.9 Å². The summed E-state index contributed by atoms with van der Waals surface area (Å²) in [6, 6.07) is 5.27. The van der Waals surface area contributed by atoms with Crippen molar-refractivity contribution >= 4 is 16.8 Å². The Morgan fingerprint density at radius 1 is 1.25 bits per heavy atom. The van der Waals surface area contributed by atoms with E-state index < -0.39 is 0 Å². The fraction of sp³-hybridized carbons (Fsp3) is 0.150. The molecule has 0 aliphatic heterocycles. The number of hydrogen-bond acceptors (Lipinski definition) is 2. The first-order valence-corrected chi connectivity index (χ1v) is 8.15. The zero-order valence-corrected chi connectivity index (χ0v) is 13.0. The first kappa shape index (κ1) is 13.4. The number of amides is 1. The summed E-state index contributed by atoms with van der Waals surface area (Å²) in [7, 11) is 0. The van der Waals surface area contributed by atoms with E-state index in [-0.39, 0.29) is 11.7 Å². The van der Waals surface area contributed by atoms with E-state index in [0.29, 0.717) is 6.54 Å². The molecular formula is C20H16N2O2. The molecule has 3 aliphatic rings. The lowest BCUT2D eigenvalue weighted by molar-refractivity contribution is -0.117. The summed E-state index contributed by atoms with van der Waals surface area (Å²) >= 11 is 0. The number of fused-ring (bicyclic) bond motifs is 3. The van der Waals surface area contributed by atoms with E-state index in [0.717, 1.165) is 40.5 Å². The Balaban J connectivity index is 1.29. The van der Waals surface area contributed by atoms with Crippen LogP contribution < -0.4 is 5.32 Å². The van der Waals surface area contributed by atoms with Gasteiger partial charge in [-0.1, -0.05) is 6.08 Å². The van der Waals surface area contributed by atoms with Gasteiger partial charge in [-0.15, -0.1) is 0 Å². The van der Waals surface area contributed by atoms with Gasteiger partial charge >= 0.3 is 0 Å². The van der Waals surface area contributed by atoms with Crippen LogP contribution in [0.15, 0.2) is 70.5 Å². The van der Waals surface area contributed by atoms with Gasteiger partial charge in [0.15, 0.2) is 0 Å². The van der Waals surface area contributed by atoms with E-state index in [2.05, 4.69) is 22.5 Å². The number of allylic oxidation sites excluding steroid dienone is 6. The van der Waals surface area contributed by atoms with Crippen molar-refractivity contribution in [2.75, 3.05) is 6.54 Å². The van der Waals surface area contributed by atoms with E-state index in [1.165, 1.54) is 16.7 Å². The number of carbonyl (C=O) groups is 1. The van der Waals surface area contributed by atoms with Crippen LogP contribution >= 0.6 is 0 Å². The molecule has 1 amide bonds. The predicted octanol–water partition coefficient (Wildman–Crippen LogP) is 3.04. The molecule has 24 heavy (non-hydrogen) atoms. The van der Waals surface area contributed by atoms with Gasteiger partial charge in [-0.2, -0.15) is 0 Å². The lowest BCUT2D eigenvalue weighted by Crippen LogP contribution is -2.26. The molecule has 0 radical (unpaired) electrons. The number of carbonyl (C=O) groups excluding carboxylic acids is 1. The molecule has 4 heteroatoms. The van der Waals surface area contributed by atoms with Crippen LogP contribution in [0, 0.1) is 0 Å². The molecule has 0 bridgehead atoms. The third-order valence-corrected chi connectivity index (χ3v) is 4.95. The first-order chi connectivity index (χ1) is 11.7. The zero-order chi connectivity index (χ0) is 16.3. The van der Waals surface area contributed by atoms with E-state index in [4.69, 9.17) is 0 Å². The van der Waals surface area contributed by atoms with Crippen molar-refractivity contribution in [3.8, 4) is 5.75 Å². The lowest BCUT2D eigenvalue weighted by Gasteiger charge is -2.06. The molecule has 3 aliphatic carbocycles. The number of aromatic nitrogens is 1. The van der Waals surface area contributed by atoms with Crippen molar-refractivity contribution in [2.45, 2.75) is 12.8 Å². The number of rotatable bonds is 4. The highest BCUT2D eigenvalue weighted by Gasteiger charge is 2.35. The van der Waals surface area contributed by atoms with Gasteiger partial charge in [-0.3, -0.25) is 4.79 Å². The van der Waals surface area contributed by atoms with Gasteiger partial charge < -0.3 is 15.4 Å². The number of phenolic OH excluding ortho intramolecular Hbond substituents is 1. The molecule has 0 spiro atoms. The van der Waals surface area contributed by atoms with Gasteiger partial charge in [0.05, 0.1) is 0 Å². The van der Waals surface area contributed by atoms with Gasteiger partial charge in [0.25, 0.3) is 5.91 Å². The van der Waals surface area contributed by atoms with Gasteiger partial charge in [0.2, 0.25) is 0 Å². The average molecular weight is 316 g/mol. The molecule has 3 N–H and O–H groups in total. The Morgan fingerprint density at radius 3 is 3.08 bits per heavy atom. The van der Waals surface area contributed by atoms with E-state index >= 15 is 0 Å². The minimum absolute atomic E-state index is 0.0160. The summed E-state index contributed by atoms with van der Waals surface area (Å²) in [6.07, 6.45) is 9.86. The summed E-state index contributed by atoms with van der Waals surface area (Å²) in [4.78, 5) is 15.6. The van der Waals surface area contributed by atoms with Gasteiger partial charge in [-0.25, -0.2) is 0 Å². The largest absolute Gasteiger partial charge is 0.508 e. The number of benzene rings is 1. The normalized spacial score (nSPS) is 17.4. The van der Waals surface area contributed by atoms with E-state index in [9.17, 15) is 9.90 Å².